The number of nitrogens with two attached hydrogens (primary N) is 1. The molecule has 9 heteroatoms. The average Bonchev–Trinajstić information content (AvgIpc) is 2.47. The van der Waals surface area contributed by atoms with Gasteiger partial charge in [-0.1, -0.05) is 0 Å². The molecule has 74 valence electrons. The van der Waals surface area contributed by atoms with Crippen molar-refractivity contribution in [2.24, 2.45) is 0 Å². The Labute approximate surface area is 77.6 Å². The molecular formula is C5H6N5O3P. The predicted molar refractivity (Wildman–Crippen MR) is 47.2 cm³/mol. The lowest BCUT2D eigenvalue weighted by atomic mass is 10.5. The van der Waals surface area contributed by atoms with Gasteiger partial charge in [-0.05, 0) is 0 Å². The number of fused-ring (bicyclic) bond motifs is 1. The van der Waals surface area contributed by atoms with Gasteiger partial charge >= 0.3 is 7.75 Å². The zero-order chi connectivity index (χ0) is 10.3. The van der Waals surface area contributed by atoms with Crippen LogP contribution in [0.1, 0.15) is 0 Å². The Hall–Kier alpha value is -1.50. The molecule has 4 N–H and O–H groups in total. The van der Waals surface area contributed by atoms with E-state index in [0.29, 0.717) is 4.34 Å². The minimum Gasteiger partial charge on any atom is -0.382 e. The van der Waals surface area contributed by atoms with Gasteiger partial charge in [0.25, 0.3) is 0 Å². The van der Waals surface area contributed by atoms with Crippen molar-refractivity contribution in [3.63, 3.8) is 0 Å². The second-order valence-corrected chi connectivity index (χ2v) is 3.99. The van der Waals surface area contributed by atoms with Gasteiger partial charge in [0, 0.05) is 0 Å². The fourth-order valence-electron chi connectivity index (χ4n) is 1.03. The van der Waals surface area contributed by atoms with Crippen molar-refractivity contribution in [1.29, 1.82) is 0 Å². The summed E-state index contributed by atoms with van der Waals surface area (Å²) in [5, 5.41) is 0. The van der Waals surface area contributed by atoms with Crippen LogP contribution in [0.15, 0.2) is 12.7 Å². The summed E-state index contributed by atoms with van der Waals surface area (Å²) in [6.45, 7) is 0. The zero-order valence-electron chi connectivity index (χ0n) is 6.77. The van der Waals surface area contributed by atoms with Gasteiger partial charge in [0.15, 0.2) is 17.0 Å². The van der Waals surface area contributed by atoms with E-state index in [1.165, 1.54) is 0 Å². The molecule has 0 saturated carbocycles. The summed E-state index contributed by atoms with van der Waals surface area (Å²) in [7, 11) is -4.43. The van der Waals surface area contributed by atoms with E-state index >= 15 is 0 Å². The lowest BCUT2D eigenvalue weighted by Crippen LogP contribution is -1.97. The first-order chi connectivity index (χ1) is 6.50. The second-order valence-electron chi connectivity index (χ2n) is 2.53. The minimum absolute atomic E-state index is 0.0193. The molecule has 0 radical (unpaired) electrons. The maximum absolute atomic E-state index is 10.9. The molecule has 0 aliphatic heterocycles. The summed E-state index contributed by atoms with van der Waals surface area (Å²) < 4.78 is 11.6. The maximum atomic E-state index is 10.9. The molecule has 0 aromatic carbocycles. The molecule has 14 heavy (non-hydrogen) atoms. The molecule has 8 nitrogen and oxygen atoms in total. The number of hydrogen-bond acceptors (Lipinski definition) is 5. The summed E-state index contributed by atoms with van der Waals surface area (Å²) in [6, 6.07) is 0. The first-order valence-electron chi connectivity index (χ1n) is 3.50. The maximum Gasteiger partial charge on any atom is 0.436 e. The standard InChI is InChI=1S/C5H6N5O3P/c6-4-3-5(8-1-7-4)10(2-9-3)14(11,12)13/h1-2H,(H2,6,7,8)(H2,11,12,13). The molecule has 0 aliphatic carbocycles. The van der Waals surface area contributed by atoms with Crippen molar-refractivity contribution in [3.8, 4) is 0 Å². The van der Waals surface area contributed by atoms with Gasteiger partial charge in [-0.15, -0.1) is 0 Å². The lowest BCUT2D eigenvalue weighted by Gasteiger charge is -2.03. The van der Waals surface area contributed by atoms with Gasteiger partial charge in [-0.25, -0.2) is 23.9 Å². The molecule has 0 spiro atoms. The number of imidazole rings is 1. The number of nitrogen functional groups attached to an aromatic ring is 1. The zero-order valence-corrected chi connectivity index (χ0v) is 7.67. The molecular weight excluding hydrogens is 209 g/mol. The molecule has 2 heterocycles. The highest BCUT2D eigenvalue weighted by molar-refractivity contribution is 7.50. The number of rotatable bonds is 1. The van der Waals surface area contributed by atoms with Crippen molar-refractivity contribution in [3.05, 3.63) is 12.7 Å². The Balaban J connectivity index is 2.83. The number of nitrogens with zero attached hydrogens (tertiary/aromatic N) is 4. The van der Waals surface area contributed by atoms with E-state index in [-0.39, 0.29) is 17.0 Å². The average molecular weight is 215 g/mol. The molecule has 0 bridgehead atoms. The van der Waals surface area contributed by atoms with E-state index in [0.717, 1.165) is 12.7 Å². The highest BCUT2D eigenvalue weighted by Crippen LogP contribution is 2.39. The van der Waals surface area contributed by atoms with Crippen LogP contribution < -0.4 is 5.73 Å². The Morgan fingerprint density at radius 3 is 2.71 bits per heavy atom. The van der Waals surface area contributed by atoms with Crippen molar-refractivity contribution in [2.75, 3.05) is 5.73 Å². The van der Waals surface area contributed by atoms with Gasteiger partial charge < -0.3 is 15.5 Å². The third-order valence-corrected chi connectivity index (χ3v) is 2.48. The molecule has 0 saturated heterocycles. The smallest absolute Gasteiger partial charge is 0.382 e. The van der Waals surface area contributed by atoms with Gasteiger partial charge in [-0.2, -0.15) is 0 Å². The molecule has 0 atom stereocenters. The summed E-state index contributed by atoms with van der Waals surface area (Å²) in [4.78, 5) is 28.8. The Kier molecular flexibility index (Phi) is 1.78. The molecule has 2 aromatic rings. The summed E-state index contributed by atoms with van der Waals surface area (Å²) in [6.07, 6.45) is 2.10. The first-order valence-corrected chi connectivity index (χ1v) is 5.06. The van der Waals surface area contributed by atoms with Crippen LogP contribution in [-0.4, -0.2) is 29.1 Å². The van der Waals surface area contributed by atoms with Gasteiger partial charge in [0.05, 0.1) is 0 Å². The number of anilines is 1. The highest BCUT2D eigenvalue weighted by Gasteiger charge is 2.21. The van der Waals surface area contributed by atoms with Crippen molar-refractivity contribution in [1.82, 2.24) is 19.3 Å². The predicted octanol–water partition coefficient (Wildman–Crippen LogP) is -0.651. The van der Waals surface area contributed by atoms with E-state index in [1.54, 1.807) is 0 Å². The van der Waals surface area contributed by atoms with E-state index in [9.17, 15) is 4.57 Å². The molecule has 0 fully saturated rings. The van der Waals surface area contributed by atoms with Crippen molar-refractivity contribution >= 4 is 24.7 Å². The van der Waals surface area contributed by atoms with Crippen LogP contribution in [0.2, 0.25) is 0 Å². The van der Waals surface area contributed by atoms with Crippen LogP contribution in [0.5, 0.6) is 0 Å². The monoisotopic (exact) mass is 215 g/mol. The first kappa shape index (κ1) is 9.07. The lowest BCUT2D eigenvalue weighted by molar-refractivity contribution is 0.362. The normalized spacial score (nSPS) is 12.1. The fraction of sp³-hybridized carbons (Fsp3) is 0. The molecule has 0 aliphatic rings. The molecule has 0 unspecified atom stereocenters. The summed E-state index contributed by atoms with van der Waals surface area (Å²) >= 11 is 0. The molecule has 2 rings (SSSR count). The van der Waals surface area contributed by atoms with Crippen LogP contribution >= 0.6 is 7.75 Å². The molecule has 2 aromatic heterocycles. The second kappa shape index (κ2) is 2.74. The van der Waals surface area contributed by atoms with Gasteiger partial charge in [-0.3, -0.25) is 0 Å². The van der Waals surface area contributed by atoms with Crippen LogP contribution in [0.25, 0.3) is 11.2 Å². The minimum atomic E-state index is -4.43. The SMILES string of the molecule is Nc1ncnc2c1ncn2P(=O)(O)O. The van der Waals surface area contributed by atoms with Crippen LogP contribution in [0.4, 0.5) is 5.82 Å². The van der Waals surface area contributed by atoms with Crippen LogP contribution in [0.3, 0.4) is 0 Å². The van der Waals surface area contributed by atoms with Crippen LogP contribution in [-0.2, 0) is 4.57 Å². The summed E-state index contributed by atoms with van der Waals surface area (Å²) in [5.74, 6) is 0.0854. The topological polar surface area (TPSA) is 127 Å². The van der Waals surface area contributed by atoms with E-state index in [2.05, 4.69) is 15.0 Å². The third kappa shape index (κ3) is 1.25. The van der Waals surface area contributed by atoms with Gasteiger partial charge in [0.1, 0.15) is 12.7 Å². The van der Waals surface area contributed by atoms with Crippen molar-refractivity contribution in [2.45, 2.75) is 0 Å². The molecule has 0 amide bonds. The Morgan fingerprint density at radius 1 is 1.36 bits per heavy atom. The Morgan fingerprint density at radius 2 is 2.07 bits per heavy atom. The number of hydrogen-bond donors (Lipinski definition) is 3. The highest BCUT2D eigenvalue weighted by atomic mass is 31.2. The number of aromatic nitrogens is 4. The van der Waals surface area contributed by atoms with E-state index < -0.39 is 7.75 Å². The van der Waals surface area contributed by atoms with Crippen molar-refractivity contribution < 1.29 is 14.4 Å². The van der Waals surface area contributed by atoms with E-state index in [1.807, 2.05) is 0 Å². The quantitative estimate of drug-likeness (QED) is 0.539. The van der Waals surface area contributed by atoms with Gasteiger partial charge in [0.2, 0.25) is 0 Å². The van der Waals surface area contributed by atoms with E-state index in [4.69, 9.17) is 15.5 Å². The van der Waals surface area contributed by atoms with Crippen LogP contribution in [0, 0.1) is 0 Å². The Bertz CT molecular complexity index is 531. The largest absolute Gasteiger partial charge is 0.436 e. The summed E-state index contributed by atoms with van der Waals surface area (Å²) in [5.41, 5.74) is 5.63. The third-order valence-electron chi connectivity index (χ3n) is 1.63. The fourth-order valence-corrected chi connectivity index (χ4v) is 1.61.